The second kappa shape index (κ2) is 9.90. The number of benzene rings is 3. The quantitative estimate of drug-likeness (QED) is 0.355. The molecular formula is C29H29NO5S. The Hall–Kier alpha value is -3.45. The highest BCUT2D eigenvalue weighted by Crippen LogP contribution is 2.51. The Balaban J connectivity index is 1.61. The van der Waals surface area contributed by atoms with E-state index in [-0.39, 0.29) is 23.3 Å². The average molecular weight is 504 g/mol. The van der Waals surface area contributed by atoms with Crippen molar-refractivity contribution in [1.82, 2.24) is 0 Å². The molecule has 1 amide bonds. The fourth-order valence-corrected chi connectivity index (χ4v) is 7.01. The number of carbonyl (C=O) groups excluding carboxylic acids is 1. The summed E-state index contributed by atoms with van der Waals surface area (Å²) in [7, 11) is 3.19. The lowest BCUT2D eigenvalue weighted by Gasteiger charge is -2.39. The Kier molecular flexibility index (Phi) is 6.67. The van der Waals surface area contributed by atoms with Gasteiger partial charge in [-0.05, 0) is 83.7 Å². The van der Waals surface area contributed by atoms with Crippen LogP contribution < -0.4 is 15.2 Å². The second-order valence-corrected chi connectivity index (χ2v) is 10.5. The van der Waals surface area contributed by atoms with Crippen LogP contribution in [0, 0.1) is 5.92 Å². The number of rotatable bonds is 6. The molecule has 1 fully saturated rings. The Morgan fingerprint density at radius 1 is 0.944 bits per heavy atom. The topological polar surface area (TPSA) is 98.9 Å². The van der Waals surface area contributed by atoms with Gasteiger partial charge < -0.3 is 20.3 Å². The van der Waals surface area contributed by atoms with Crippen molar-refractivity contribution in [3.63, 3.8) is 0 Å². The number of primary amides is 1. The molecule has 3 N–H and O–H groups in total. The van der Waals surface area contributed by atoms with Crippen LogP contribution in [0.25, 0.3) is 0 Å². The molecular weight excluding hydrogens is 474 g/mol. The third-order valence-corrected chi connectivity index (χ3v) is 8.71. The molecule has 0 spiro atoms. The van der Waals surface area contributed by atoms with Crippen LogP contribution >= 0.6 is 11.8 Å². The molecule has 186 valence electrons. The van der Waals surface area contributed by atoms with Crippen LogP contribution in [0.3, 0.4) is 0 Å². The Morgan fingerprint density at radius 3 is 2.42 bits per heavy atom. The van der Waals surface area contributed by atoms with Crippen molar-refractivity contribution >= 4 is 23.6 Å². The first-order valence-electron chi connectivity index (χ1n) is 12.1. The molecule has 0 aromatic heterocycles. The van der Waals surface area contributed by atoms with Crippen LogP contribution in [-0.4, -0.2) is 31.2 Å². The standard InChI is InChI=1S/C29H29NO5S/c1-34-23-11-10-16(14-24(23)35-2)19-7-5-8-20(27(19)28(30)31)21-13-18(29(32)33)15-26-22(21)12-17-6-3-4-9-25(17)36-26/h3-4,6,9-11,13-15,19-20,27H,5,7-8,12H2,1-2H3,(H2,30,31)(H,32,33). The van der Waals surface area contributed by atoms with Gasteiger partial charge >= 0.3 is 5.97 Å². The Bertz CT molecular complexity index is 1340. The van der Waals surface area contributed by atoms with E-state index in [1.807, 2.05) is 30.3 Å². The van der Waals surface area contributed by atoms with E-state index in [2.05, 4.69) is 12.1 Å². The monoisotopic (exact) mass is 503 g/mol. The lowest BCUT2D eigenvalue weighted by atomic mass is 9.65. The third-order valence-electron chi connectivity index (χ3n) is 7.51. The summed E-state index contributed by atoms with van der Waals surface area (Å²) < 4.78 is 10.9. The van der Waals surface area contributed by atoms with E-state index < -0.39 is 11.9 Å². The molecule has 36 heavy (non-hydrogen) atoms. The van der Waals surface area contributed by atoms with Gasteiger partial charge in [0.05, 0.1) is 25.7 Å². The number of methoxy groups -OCH3 is 2. The highest BCUT2D eigenvalue weighted by Gasteiger charge is 2.41. The molecule has 5 rings (SSSR count). The zero-order valence-corrected chi connectivity index (χ0v) is 21.1. The summed E-state index contributed by atoms with van der Waals surface area (Å²) in [5, 5.41) is 9.89. The van der Waals surface area contributed by atoms with Gasteiger partial charge in [0.15, 0.2) is 11.5 Å². The summed E-state index contributed by atoms with van der Waals surface area (Å²) in [6, 6.07) is 17.5. The van der Waals surface area contributed by atoms with Crippen molar-refractivity contribution in [2.45, 2.75) is 47.3 Å². The van der Waals surface area contributed by atoms with Gasteiger partial charge in [-0.2, -0.15) is 0 Å². The molecule has 0 radical (unpaired) electrons. The predicted molar refractivity (Wildman–Crippen MR) is 138 cm³/mol. The number of aromatic carboxylic acids is 1. The molecule has 1 aliphatic heterocycles. The molecule has 2 aliphatic rings. The number of carbonyl (C=O) groups is 2. The maximum Gasteiger partial charge on any atom is 0.335 e. The molecule has 3 aromatic carbocycles. The highest BCUT2D eigenvalue weighted by molar-refractivity contribution is 7.99. The number of hydrogen-bond donors (Lipinski definition) is 2. The van der Waals surface area contributed by atoms with E-state index >= 15 is 0 Å². The van der Waals surface area contributed by atoms with Crippen LogP contribution in [0.4, 0.5) is 0 Å². The van der Waals surface area contributed by atoms with Crippen molar-refractivity contribution in [3.8, 4) is 11.5 Å². The van der Waals surface area contributed by atoms with Crippen molar-refractivity contribution < 1.29 is 24.2 Å². The van der Waals surface area contributed by atoms with Crippen molar-refractivity contribution in [3.05, 3.63) is 82.4 Å². The SMILES string of the molecule is COc1ccc(C2CCCC(c3cc(C(=O)O)cc4c3Cc3ccccc3S4)C2C(N)=O)cc1OC. The van der Waals surface area contributed by atoms with Crippen LogP contribution in [-0.2, 0) is 11.2 Å². The lowest BCUT2D eigenvalue weighted by molar-refractivity contribution is -0.124. The molecule has 3 unspecified atom stereocenters. The van der Waals surface area contributed by atoms with Gasteiger partial charge in [0, 0.05) is 9.79 Å². The van der Waals surface area contributed by atoms with Crippen LogP contribution in [0.2, 0.25) is 0 Å². The number of carboxylic acid groups (broad SMARTS) is 1. The van der Waals surface area contributed by atoms with Gasteiger partial charge in [-0.25, -0.2) is 4.79 Å². The Morgan fingerprint density at radius 2 is 1.69 bits per heavy atom. The number of amides is 1. The maximum absolute atomic E-state index is 13.0. The van der Waals surface area contributed by atoms with Crippen LogP contribution in [0.15, 0.2) is 64.4 Å². The number of hydrogen-bond acceptors (Lipinski definition) is 5. The minimum Gasteiger partial charge on any atom is -0.493 e. The molecule has 1 saturated carbocycles. The van der Waals surface area contributed by atoms with Crippen LogP contribution in [0.5, 0.6) is 11.5 Å². The summed E-state index contributed by atoms with van der Waals surface area (Å²) in [5.74, 6) is -0.838. The van der Waals surface area contributed by atoms with Gasteiger partial charge in [0.1, 0.15) is 0 Å². The first-order valence-corrected chi connectivity index (χ1v) is 12.9. The first-order chi connectivity index (χ1) is 17.4. The van der Waals surface area contributed by atoms with E-state index in [4.69, 9.17) is 15.2 Å². The molecule has 3 aromatic rings. The molecule has 7 heteroatoms. The molecule has 6 nitrogen and oxygen atoms in total. The van der Waals surface area contributed by atoms with E-state index in [1.165, 1.54) is 5.56 Å². The normalized spacial score (nSPS) is 20.7. The predicted octanol–water partition coefficient (Wildman–Crippen LogP) is 5.61. The zero-order chi connectivity index (χ0) is 25.4. The fourth-order valence-electron chi connectivity index (χ4n) is 5.86. The Labute approximate surface area is 214 Å². The molecule has 1 heterocycles. The molecule has 0 bridgehead atoms. The minimum absolute atomic E-state index is 0.103. The summed E-state index contributed by atoms with van der Waals surface area (Å²) in [5.41, 5.74) is 10.5. The minimum atomic E-state index is -0.971. The van der Waals surface area contributed by atoms with Crippen molar-refractivity contribution in [2.75, 3.05) is 14.2 Å². The summed E-state index contributed by atoms with van der Waals surface area (Å²) >= 11 is 1.60. The number of carboxylic acids is 1. The summed E-state index contributed by atoms with van der Waals surface area (Å²) in [4.78, 5) is 27.2. The van der Waals surface area contributed by atoms with Gasteiger partial charge in [-0.3, -0.25) is 4.79 Å². The van der Waals surface area contributed by atoms with E-state index in [9.17, 15) is 14.7 Å². The molecule has 0 saturated heterocycles. The van der Waals surface area contributed by atoms with Gasteiger partial charge in [-0.15, -0.1) is 0 Å². The average Bonchev–Trinajstić information content (AvgIpc) is 2.90. The van der Waals surface area contributed by atoms with Gasteiger partial charge in [-0.1, -0.05) is 42.4 Å². The zero-order valence-electron chi connectivity index (χ0n) is 20.3. The highest BCUT2D eigenvalue weighted by atomic mass is 32.2. The number of ether oxygens (including phenoxy) is 2. The largest absolute Gasteiger partial charge is 0.493 e. The molecule has 3 atom stereocenters. The molecule has 1 aliphatic carbocycles. The van der Waals surface area contributed by atoms with E-state index in [0.717, 1.165) is 45.7 Å². The lowest BCUT2D eigenvalue weighted by Crippen LogP contribution is -2.37. The van der Waals surface area contributed by atoms with Gasteiger partial charge in [0.25, 0.3) is 0 Å². The maximum atomic E-state index is 13.0. The smallest absolute Gasteiger partial charge is 0.335 e. The second-order valence-electron chi connectivity index (χ2n) is 9.42. The number of fused-ring (bicyclic) bond motifs is 2. The third kappa shape index (κ3) is 4.32. The van der Waals surface area contributed by atoms with Gasteiger partial charge in [0.2, 0.25) is 5.91 Å². The first kappa shape index (κ1) is 24.3. The van der Waals surface area contributed by atoms with E-state index in [0.29, 0.717) is 17.9 Å². The number of nitrogens with two attached hydrogens (primary N) is 1. The fraction of sp³-hybridized carbons (Fsp3) is 0.310. The summed E-state index contributed by atoms with van der Waals surface area (Å²) in [6.45, 7) is 0. The van der Waals surface area contributed by atoms with Crippen molar-refractivity contribution in [2.24, 2.45) is 11.7 Å². The summed E-state index contributed by atoms with van der Waals surface area (Å²) in [6.07, 6.45) is 3.21. The van der Waals surface area contributed by atoms with E-state index in [1.54, 1.807) is 38.1 Å². The van der Waals surface area contributed by atoms with Crippen molar-refractivity contribution in [1.29, 1.82) is 0 Å². The van der Waals surface area contributed by atoms with Crippen LogP contribution in [0.1, 0.15) is 63.7 Å².